The second-order valence-electron chi connectivity index (χ2n) is 7.29. The summed E-state index contributed by atoms with van der Waals surface area (Å²) in [5.74, 6) is -2.51. The van der Waals surface area contributed by atoms with Gasteiger partial charge in [0.1, 0.15) is 24.3 Å². The fourth-order valence-electron chi connectivity index (χ4n) is 3.39. The number of esters is 3. The van der Waals surface area contributed by atoms with Gasteiger partial charge in [0, 0.05) is 27.7 Å². The minimum absolute atomic E-state index is 0.171. The first-order chi connectivity index (χ1) is 15.6. The number of aromatic nitrogens is 1. The third-order valence-corrected chi connectivity index (χ3v) is 4.56. The lowest BCUT2D eigenvalue weighted by molar-refractivity contribution is -0.259. The Kier molecular flexibility index (Phi) is 7.48. The van der Waals surface area contributed by atoms with Crippen LogP contribution in [0, 0.1) is 0 Å². The van der Waals surface area contributed by atoms with Crippen molar-refractivity contribution >= 4 is 34.9 Å². The number of para-hydroxylation sites is 2. The number of carbonyl (C=O) groups excluding carboxylic acids is 4. The van der Waals surface area contributed by atoms with Gasteiger partial charge in [0.15, 0.2) is 17.8 Å². The highest BCUT2D eigenvalue weighted by atomic mass is 16.7. The van der Waals surface area contributed by atoms with Crippen LogP contribution in [0.1, 0.15) is 27.7 Å². The van der Waals surface area contributed by atoms with E-state index in [2.05, 4.69) is 10.3 Å². The van der Waals surface area contributed by atoms with Crippen molar-refractivity contribution in [2.24, 2.45) is 0 Å². The average Bonchev–Trinajstić information content (AvgIpc) is 3.12. The molecule has 1 saturated heterocycles. The molecule has 3 rings (SSSR count). The number of hydrogen-bond donors (Lipinski definition) is 1. The van der Waals surface area contributed by atoms with Gasteiger partial charge < -0.3 is 33.4 Å². The highest BCUT2D eigenvalue weighted by molar-refractivity contribution is 5.74. The molecular formula is C21H24N2O10. The predicted molar refractivity (Wildman–Crippen MR) is 109 cm³/mol. The molecular weight excluding hydrogens is 440 g/mol. The van der Waals surface area contributed by atoms with Crippen LogP contribution in [0.3, 0.4) is 0 Å². The third kappa shape index (κ3) is 6.19. The Labute approximate surface area is 188 Å². The molecule has 1 aromatic heterocycles. The number of nitrogens with zero attached hydrogens (tertiary/aromatic N) is 1. The van der Waals surface area contributed by atoms with E-state index in [4.69, 9.17) is 28.1 Å². The first-order valence-electron chi connectivity index (χ1n) is 10.1. The van der Waals surface area contributed by atoms with Gasteiger partial charge in [-0.2, -0.15) is 4.98 Å². The Bertz CT molecular complexity index is 1000. The molecule has 2 heterocycles. The predicted octanol–water partition coefficient (Wildman–Crippen LogP) is 0.863. The topological polar surface area (TPSA) is 152 Å². The fraction of sp³-hybridized carbons (Fsp3) is 0.476. The van der Waals surface area contributed by atoms with Gasteiger partial charge in [0.05, 0.1) is 0 Å². The smallest absolute Gasteiger partial charge is 0.397 e. The molecule has 1 N–H and O–H groups in total. The van der Waals surface area contributed by atoms with Gasteiger partial charge in [0.25, 0.3) is 0 Å². The van der Waals surface area contributed by atoms with Gasteiger partial charge in [-0.25, -0.2) is 0 Å². The Morgan fingerprint density at radius 2 is 1.64 bits per heavy atom. The molecule has 0 unspecified atom stereocenters. The summed E-state index contributed by atoms with van der Waals surface area (Å²) in [6.07, 6.45) is -5.03. The van der Waals surface area contributed by atoms with E-state index in [9.17, 15) is 19.2 Å². The number of carbonyl (C=O) groups is 4. The van der Waals surface area contributed by atoms with Crippen molar-refractivity contribution < 1.29 is 47.3 Å². The van der Waals surface area contributed by atoms with Gasteiger partial charge in [0.2, 0.25) is 12.2 Å². The van der Waals surface area contributed by atoms with Crippen molar-refractivity contribution in [2.45, 2.75) is 58.3 Å². The second kappa shape index (κ2) is 10.3. The lowest BCUT2D eigenvalue weighted by Gasteiger charge is -2.44. The molecule has 5 atom stereocenters. The number of nitrogens with one attached hydrogen (secondary N) is 1. The van der Waals surface area contributed by atoms with Crippen LogP contribution in [0.5, 0.6) is 6.08 Å². The van der Waals surface area contributed by atoms with Crippen molar-refractivity contribution in [3.05, 3.63) is 24.3 Å². The number of oxazole rings is 1. The maximum Gasteiger partial charge on any atom is 0.397 e. The van der Waals surface area contributed by atoms with Crippen molar-refractivity contribution in [1.82, 2.24) is 10.3 Å². The zero-order valence-electron chi connectivity index (χ0n) is 18.4. The molecule has 0 spiro atoms. The number of amides is 1. The standard InChI is InChI=1S/C21H24N2O10/c1-10(24)22-17-19(30-13(4)27)18(29-12(3)26)16(9-28-11(2)25)31-20(17)33-21-23-14-7-5-6-8-15(14)32-21/h5-8,16-20H,9H2,1-4H3,(H,22,24)/t16-,17+,18-,19-,20+/m1/s1. The third-order valence-electron chi connectivity index (χ3n) is 4.56. The van der Waals surface area contributed by atoms with Crippen LogP contribution in [-0.4, -0.2) is 66.0 Å². The van der Waals surface area contributed by atoms with Gasteiger partial charge in [-0.15, -0.1) is 0 Å². The molecule has 1 fully saturated rings. The molecule has 178 valence electrons. The summed E-state index contributed by atoms with van der Waals surface area (Å²) in [6.45, 7) is 4.41. The summed E-state index contributed by atoms with van der Waals surface area (Å²) in [7, 11) is 0. The lowest BCUT2D eigenvalue weighted by atomic mass is 9.96. The van der Waals surface area contributed by atoms with Crippen molar-refractivity contribution in [3.8, 4) is 6.08 Å². The molecule has 0 aliphatic carbocycles. The Morgan fingerprint density at radius 3 is 2.24 bits per heavy atom. The van der Waals surface area contributed by atoms with Crippen LogP contribution in [0.15, 0.2) is 28.7 Å². The number of hydrogen-bond acceptors (Lipinski definition) is 11. The first kappa shape index (κ1) is 24.0. The van der Waals surface area contributed by atoms with Gasteiger partial charge in [-0.1, -0.05) is 12.1 Å². The maximum absolute atomic E-state index is 11.9. The number of rotatable bonds is 7. The molecule has 0 bridgehead atoms. The van der Waals surface area contributed by atoms with Crippen LogP contribution in [0.4, 0.5) is 0 Å². The molecule has 1 amide bonds. The van der Waals surface area contributed by atoms with E-state index in [1.807, 2.05) is 0 Å². The Balaban J connectivity index is 1.98. The normalized spacial score (nSPS) is 24.5. The Hall–Kier alpha value is -3.67. The number of benzene rings is 1. The summed E-state index contributed by atoms with van der Waals surface area (Å²) in [6, 6.07) is 5.79. The minimum Gasteiger partial charge on any atom is -0.463 e. The SMILES string of the molecule is CC(=O)N[C@@H]1[C@H](Oc2nc3ccccc3o2)O[C@H](COC(C)=O)[C@@H](OC(C)=O)[C@@H]1OC(C)=O. The molecule has 1 aliphatic rings. The quantitative estimate of drug-likeness (QED) is 0.459. The molecule has 0 saturated carbocycles. The summed E-state index contributed by atoms with van der Waals surface area (Å²) >= 11 is 0. The van der Waals surface area contributed by atoms with Crippen molar-refractivity contribution in [2.75, 3.05) is 6.61 Å². The fourth-order valence-corrected chi connectivity index (χ4v) is 3.39. The zero-order chi connectivity index (χ0) is 24.1. The molecule has 0 radical (unpaired) electrons. The van der Waals surface area contributed by atoms with Crippen LogP contribution >= 0.6 is 0 Å². The van der Waals surface area contributed by atoms with Crippen molar-refractivity contribution in [3.63, 3.8) is 0 Å². The first-order valence-corrected chi connectivity index (χ1v) is 10.1. The summed E-state index contributed by atoms with van der Waals surface area (Å²) in [5.41, 5.74) is 0.968. The van der Waals surface area contributed by atoms with E-state index in [1.54, 1.807) is 24.3 Å². The molecule has 12 nitrogen and oxygen atoms in total. The van der Waals surface area contributed by atoms with Gasteiger partial charge in [-0.3, -0.25) is 19.2 Å². The molecule has 2 aromatic rings. The monoisotopic (exact) mass is 464 g/mol. The summed E-state index contributed by atoms with van der Waals surface area (Å²) in [4.78, 5) is 51.1. The molecule has 33 heavy (non-hydrogen) atoms. The van der Waals surface area contributed by atoms with Crippen molar-refractivity contribution in [1.29, 1.82) is 0 Å². The number of ether oxygens (including phenoxy) is 5. The zero-order valence-corrected chi connectivity index (χ0v) is 18.4. The maximum atomic E-state index is 11.9. The van der Waals surface area contributed by atoms with E-state index in [0.29, 0.717) is 11.1 Å². The highest BCUT2D eigenvalue weighted by Gasteiger charge is 2.52. The Morgan fingerprint density at radius 1 is 0.970 bits per heavy atom. The number of fused-ring (bicyclic) bond motifs is 1. The second-order valence-corrected chi connectivity index (χ2v) is 7.29. The molecule has 12 heteroatoms. The van der Waals surface area contributed by atoms with Gasteiger partial charge in [-0.05, 0) is 12.1 Å². The van der Waals surface area contributed by atoms with E-state index in [1.165, 1.54) is 13.8 Å². The average molecular weight is 464 g/mol. The van der Waals surface area contributed by atoms with E-state index >= 15 is 0 Å². The molecule has 1 aromatic carbocycles. The van der Waals surface area contributed by atoms with E-state index < -0.39 is 54.5 Å². The largest absolute Gasteiger partial charge is 0.463 e. The van der Waals surface area contributed by atoms with Gasteiger partial charge >= 0.3 is 24.0 Å². The minimum atomic E-state index is -1.31. The summed E-state index contributed by atoms with van der Waals surface area (Å²) in [5, 5.41) is 2.60. The van der Waals surface area contributed by atoms with Crippen LogP contribution < -0.4 is 10.1 Å². The van der Waals surface area contributed by atoms with Crippen LogP contribution in [0.25, 0.3) is 11.1 Å². The van der Waals surface area contributed by atoms with Crippen LogP contribution in [0.2, 0.25) is 0 Å². The van der Waals surface area contributed by atoms with Crippen LogP contribution in [-0.2, 0) is 38.1 Å². The van der Waals surface area contributed by atoms with E-state index in [-0.39, 0.29) is 12.7 Å². The molecule has 1 aliphatic heterocycles. The highest BCUT2D eigenvalue weighted by Crippen LogP contribution is 2.30. The van der Waals surface area contributed by atoms with E-state index in [0.717, 1.165) is 13.8 Å². The summed E-state index contributed by atoms with van der Waals surface area (Å²) < 4.78 is 33.0. The lowest BCUT2D eigenvalue weighted by Crippen LogP contribution is -2.67.